The third-order valence-electron chi connectivity index (χ3n) is 2.79. The summed E-state index contributed by atoms with van der Waals surface area (Å²) in [5.74, 6) is 2.14. The van der Waals surface area contributed by atoms with Gasteiger partial charge in [0.05, 0.1) is 0 Å². The number of aliphatic hydroxyl groups excluding tert-OH is 1. The van der Waals surface area contributed by atoms with Crippen LogP contribution in [-0.2, 0) is 0 Å². The molecule has 0 spiro atoms. The number of anilines is 3. The first-order chi connectivity index (χ1) is 9.56. The Labute approximate surface area is 120 Å². The van der Waals surface area contributed by atoms with E-state index in [1.54, 1.807) is 0 Å². The Hall–Kier alpha value is -1.63. The van der Waals surface area contributed by atoms with E-state index in [4.69, 9.17) is 5.11 Å². The topological polar surface area (TPSA) is 86.2 Å². The van der Waals surface area contributed by atoms with Crippen LogP contribution in [0.4, 0.5) is 17.8 Å². The van der Waals surface area contributed by atoms with Crippen LogP contribution < -0.4 is 15.5 Å². The highest BCUT2D eigenvalue weighted by Gasteiger charge is 2.09. The molecule has 0 saturated carbocycles. The van der Waals surface area contributed by atoms with Crippen molar-refractivity contribution in [3.8, 4) is 0 Å². The number of nitrogens with one attached hydrogen (secondary N) is 2. The zero-order valence-corrected chi connectivity index (χ0v) is 12.8. The molecule has 0 bridgehead atoms. The summed E-state index contributed by atoms with van der Waals surface area (Å²) < 4.78 is 0. The third kappa shape index (κ3) is 5.56. The van der Waals surface area contributed by atoms with Crippen LogP contribution in [0.3, 0.4) is 0 Å². The van der Waals surface area contributed by atoms with E-state index in [0.717, 1.165) is 25.9 Å². The molecule has 0 radical (unpaired) electrons. The highest BCUT2D eigenvalue weighted by atomic mass is 16.3. The van der Waals surface area contributed by atoms with E-state index < -0.39 is 0 Å². The molecule has 1 rings (SSSR count). The minimum Gasteiger partial charge on any atom is -0.396 e. The van der Waals surface area contributed by atoms with E-state index in [1.165, 1.54) is 0 Å². The van der Waals surface area contributed by atoms with Crippen LogP contribution in [0.5, 0.6) is 0 Å². The van der Waals surface area contributed by atoms with E-state index >= 15 is 0 Å². The molecule has 0 amide bonds. The second-order valence-corrected chi connectivity index (χ2v) is 5.10. The molecular formula is C13H26N6O. The molecule has 20 heavy (non-hydrogen) atoms. The summed E-state index contributed by atoms with van der Waals surface area (Å²) in [5, 5.41) is 15.3. The molecule has 1 atom stereocenters. The standard InChI is InChI=1S/C13H26N6O/c1-5-7-14-11-16-12(15-9-10(2)6-8-20)18-13(17-11)19(3)4/h10,20H,5-9H2,1-4H3,(H2,14,15,16,17,18). The smallest absolute Gasteiger partial charge is 0.231 e. The fourth-order valence-electron chi connectivity index (χ4n) is 1.55. The Morgan fingerprint density at radius 1 is 1.15 bits per heavy atom. The summed E-state index contributed by atoms with van der Waals surface area (Å²) in [6, 6.07) is 0. The number of hydrogen-bond acceptors (Lipinski definition) is 7. The van der Waals surface area contributed by atoms with Crippen LogP contribution in [0.1, 0.15) is 26.7 Å². The summed E-state index contributed by atoms with van der Waals surface area (Å²) in [4.78, 5) is 14.9. The Morgan fingerprint density at radius 3 is 2.35 bits per heavy atom. The third-order valence-corrected chi connectivity index (χ3v) is 2.79. The van der Waals surface area contributed by atoms with Gasteiger partial charge in [-0.1, -0.05) is 13.8 Å². The Bertz CT molecular complexity index is 398. The molecule has 1 aromatic heterocycles. The predicted octanol–water partition coefficient (Wildman–Crippen LogP) is 1.19. The number of aliphatic hydroxyl groups is 1. The predicted molar refractivity (Wildman–Crippen MR) is 82.3 cm³/mol. The van der Waals surface area contributed by atoms with Crippen molar-refractivity contribution in [2.75, 3.05) is 49.3 Å². The van der Waals surface area contributed by atoms with Crippen molar-refractivity contribution in [2.24, 2.45) is 5.92 Å². The molecule has 0 aliphatic carbocycles. The minimum absolute atomic E-state index is 0.201. The van der Waals surface area contributed by atoms with Crippen molar-refractivity contribution in [1.82, 2.24) is 15.0 Å². The molecular weight excluding hydrogens is 256 g/mol. The molecule has 1 unspecified atom stereocenters. The number of nitrogens with zero attached hydrogens (tertiary/aromatic N) is 4. The van der Waals surface area contributed by atoms with Crippen molar-refractivity contribution in [3.05, 3.63) is 0 Å². The van der Waals surface area contributed by atoms with Crippen molar-refractivity contribution < 1.29 is 5.11 Å². The number of rotatable bonds is 9. The fraction of sp³-hybridized carbons (Fsp3) is 0.769. The molecule has 0 aromatic carbocycles. The number of hydrogen-bond donors (Lipinski definition) is 3. The lowest BCUT2D eigenvalue weighted by Gasteiger charge is -2.15. The van der Waals surface area contributed by atoms with Gasteiger partial charge in [-0.15, -0.1) is 0 Å². The quantitative estimate of drug-likeness (QED) is 0.627. The Kier molecular flexibility index (Phi) is 7.00. The van der Waals surface area contributed by atoms with Gasteiger partial charge in [0, 0.05) is 33.8 Å². The fourth-order valence-corrected chi connectivity index (χ4v) is 1.55. The lowest BCUT2D eigenvalue weighted by molar-refractivity contribution is 0.265. The van der Waals surface area contributed by atoms with Crippen LogP contribution in [0, 0.1) is 5.92 Å². The van der Waals surface area contributed by atoms with Gasteiger partial charge in [-0.2, -0.15) is 15.0 Å². The van der Waals surface area contributed by atoms with E-state index in [9.17, 15) is 0 Å². The van der Waals surface area contributed by atoms with Crippen molar-refractivity contribution in [3.63, 3.8) is 0 Å². The van der Waals surface area contributed by atoms with Gasteiger partial charge in [0.1, 0.15) is 0 Å². The first-order valence-corrected chi connectivity index (χ1v) is 7.08. The van der Waals surface area contributed by atoms with Gasteiger partial charge in [0.2, 0.25) is 17.8 Å². The zero-order valence-electron chi connectivity index (χ0n) is 12.8. The lowest BCUT2D eigenvalue weighted by atomic mass is 10.1. The highest BCUT2D eigenvalue weighted by molar-refractivity contribution is 5.42. The maximum absolute atomic E-state index is 8.91. The van der Waals surface area contributed by atoms with E-state index in [0.29, 0.717) is 23.8 Å². The largest absolute Gasteiger partial charge is 0.396 e. The molecule has 0 fully saturated rings. The van der Waals surface area contributed by atoms with Gasteiger partial charge in [0.25, 0.3) is 0 Å². The summed E-state index contributed by atoms with van der Waals surface area (Å²) >= 11 is 0. The molecule has 0 aliphatic rings. The summed E-state index contributed by atoms with van der Waals surface area (Å²) in [6.45, 7) is 5.93. The molecule has 7 heteroatoms. The van der Waals surface area contributed by atoms with Crippen LogP contribution in [0.2, 0.25) is 0 Å². The second-order valence-electron chi connectivity index (χ2n) is 5.10. The first kappa shape index (κ1) is 16.4. The summed E-state index contributed by atoms with van der Waals surface area (Å²) in [7, 11) is 3.80. The van der Waals surface area contributed by atoms with Crippen molar-refractivity contribution in [1.29, 1.82) is 0 Å². The molecule has 114 valence electrons. The molecule has 0 aliphatic heterocycles. The summed E-state index contributed by atoms with van der Waals surface area (Å²) in [6.07, 6.45) is 1.78. The average Bonchev–Trinajstić information content (AvgIpc) is 2.43. The van der Waals surface area contributed by atoms with Gasteiger partial charge >= 0.3 is 0 Å². The van der Waals surface area contributed by atoms with Crippen LogP contribution in [0.25, 0.3) is 0 Å². The maximum Gasteiger partial charge on any atom is 0.231 e. The van der Waals surface area contributed by atoms with Crippen molar-refractivity contribution >= 4 is 17.8 Å². The van der Waals surface area contributed by atoms with Gasteiger partial charge in [-0.3, -0.25) is 0 Å². The normalized spacial score (nSPS) is 12.1. The highest BCUT2D eigenvalue weighted by Crippen LogP contribution is 2.12. The maximum atomic E-state index is 8.91. The molecule has 1 heterocycles. The van der Waals surface area contributed by atoms with Gasteiger partial charge < -0.3 is 20.6 Å². The van der Waals surface area contributed by atoms with Crippen LogP contribution >= 0.6 is 0 Å². The van der Waals surface area contributed by atoms with E-state index in [-0.39, 0.29) is 6.61 Å². The average molecular weight is 282 g/mol. The first-order valence-electron chi connectivity index (χ1n) is 7.08. The minimum atomic E-state index is 0.201. The lowest BCUT2D eigenvalue weighted by Crippen LogP contribution is -2.19. The van der Waals surface area contributed by atoms with E-state index in [2.05, 4.69) is 39.4 Å². The van der Waals surface area contributed by atoms with Gasteiger partial charge in [-0.05, 0) is 18.8 Å². The van der Waals surface area contributed by atoms with Crippen LogP contribution in [0.15, 0.2) is 0 Å². The van der Waals surface area contributed by atoms with Gasteiger partial charge in [-0.25, -0.2) is 0 Å². The summed E-state index contributed by atoms with van der Waals surface area (Å²) in [5.41, 5.74) is 0. The van der Waals surface area contributed by atoms with Gasteiger partial charge in [0.15, 0.2) is 0 Å². The zero-order chi connectivity index (χ0) is 15.0. The Morgan fingerprint density at radius 2 is 1.80 bits per heavy atom. The molecule has 1 aromatic rings. The molecule has 7 nitrogen and oxygen atoms in total. The SMILES string of the molecule is CCCNc1nc(NCC(C)CCO)nc(N(C)C)n1. The van der Waals surface area contributed by atoms with Crippen molar-refractivity contribution in [2.45, 2.75) is 26.7 Å². The number of aromatic nitrogens is 3. The molecule has 0 saturated heterocycles. The van der Waals surface area contributed by atoms with E-state index in [1.807, 2.05) is 19.0 Å². The van der Waals surface area contributed by atoms with Crippen LogP contribution in [-0.4, -0.2) is 53.9 Å². The second kappa shape index (κ2) is 8.52. The monoisotopic (exact) mass is 282 g/mol. The Balaban J connectivity index is 2.74. The molecule has 3 N–H and O–H groups in total.